The van der Waals surface area contributed by atoms with Crippen LogP contribution in [0.4, 0.5) is 0 Å². The van der Waals surface area contributed by atoms with Gasteiger partial charge in [-0.05, 0) is 11.7 Å². The Morgan fingerprint density at radius 3 is 1.44 bits per heavy atom. The van der Waals surface area contributed by atoms with E-state index in [2.05, 4.69) is 16.8 Å². The predicted molar refractivity (Wildman–Crippen MR) is 35.0 cm³/mol. The molecule has 0 amide bonds. The molecule has 0 aromatic heterocycles. The lowest BCUT2D eigenvalue weighted by molar-refractivity contribution is 0.503. The van der Waals surface area contributed by atoms with Crippen molar-refractivity contribution >= 4 is 31.7 Å². The first-order valence-corrected chi connectivity index (χ1v) is 5.06. The average Bonchev–Trinajstić information content (AvgIpc) is 1.19. The number of rotatable bonds is 0. The summed E-state index contributed by atoms with van der Waals surface area (Å²) in [4.78, 5) is 0. The molecule has 0 aliphatic carbocycles. The standard InChI is InChI=1S/H3NO2S.H2O3S2/c1-4(2)3;1-5(2,3)4/h4H,(H2,1,2,3);(H2,1,2,3,4). The molecular formula is H5NO5S3. The van der Waals surface area contributed by atoms with Crippen molar-refractivity contribution in [2.75, 3.05) is 0 Å². The molecule has 0 aliphatic heterocycles. The van der Waals surface area contributed by atoms with Gasteiger partial charge in [0.05, 0.1) is 0 Å². The number of hydrogen-bond donors (Lipinski definition) is 4. The molecule has 0 aromatic carbocycles. The quantitative estimate of drug-likeness (QED) is 0.207. The number of nitrogens with two attached hydrogens (primary N) is 1. The minimum Gasteiger partial charge on any atom is -0.277 e. The van der Waals surface area contributed by atoms with Crippen LogP contribution in [0.2, 0.25) is 0 Å². The van der Waals surface area contributed by atoms with Crippen LogP contribution in [0.3, 0.4) is 0 Å². The maximum absolute atomic E-state index is 9.05. The van der Waals surface area contributed by atoms with Crippen LogP contribution in [0.25, 0.3) is 0 Å². The first kappa shape index (κ1) is 11.9. The molecular weight excluding hydrogens is 190 g/mol. The summed E-state index contributed by atoms with van der Waals surface area (Å²) in [6.07, 6.45) is 0. The Kier molecular flexibility index (Phi) is 6.61. The van der Waals surface area contributed by atoms with Crippen molar-refractivity contribution in [3.63, 3.8) is 0 Å². The third-order valence-corrected chi connectivity index (χ3v) is 0. The zero-order valence-corrected chi connectivity index (χ0v) is 6.57. The Hall–Kier alpha value is 0.170. The van der Waals surface area contributed by atoms with Crippen molar-refractivity contribution in [2.45, 2.75) is 0 Å². The molecule has 0 spiro atoms. The average molecular weight is 195 g/mol. The van der Waals surface area contributed by atoms with Crippen molar-refractivity contribution in [1.29, 1.82) is 0 Å². The molecule has 0 saturated carbocycles. The topological polar surface area (TPSA) is 115 Å². The molecule has 0 fully saturated rings. The summed E-state index contributed by atoms with van der Waals surface area (Å²) in [6.45, 7) is 0. The normalized spacial score (nSPS) is 10.2. The minimum atomic E-state index is -3.97. The van der Waals surface area contributed by atoms with Gasteiger partial charge in [0, 0.05) is 0 Å². The first-order valence-electron chi connectivity index (χ1n) is 1.32. The van der Waals surface area contributed by atoms with Gasteiger partial charge >= 0.3 is 9.15 Å². The van der Waals surface area contributed by atoms with Gasteiger partial charge in [-0.25, -0.2) is 13.6 Å². The van der Waals surface area contributed by atoms with E-state index in [9.17, 15) is 0 Å². The molecule has 0 bridgehead atoms. The fourth-order valence-electron chi connectivity index (χ4n) is 0. The zero-order valence-electron chi connectivity index (χ0n) is 3.96. The third-order valence-electron chi connectivity index (χ3n) is 0. The van der Waals surface area contributed by atoms with Gasteiger partial charge in [-0.1, -0.05) is 0 Å². The molecule has 0 heterocycles. The molecule has 3 N–H and O–H groups in total. The molecule has 0 atom stereocenters. The molecule has 0 rings (SSSR count). The van der Waals surface area contributed by atoms with E-state index in [1.54, 1.807) is 0 Å². The first-order chi connectivity index (χ1) is 3.73. The fourth-order valence-corrected chi connectivity index (χ4v) is 0. The predicted octanol–water partition coefficient (Wildman–Crippen LogP) is -1.81. The summed E-state index contributed by atoms with van der Waals surface area (Å²) in [5.74, 6) is 0. The van der Waals surface area contributed by atoms with E-state index in [0.717, 1.165) is 0 Å². The lowest BCUT2D eigenvalue weighted by Gasteiger charge is -1.67. The van der Waals surface area contributed by atoms with E-state index >= 15 is 0 Å². The highest BCUT2D eigenvalue weighted by Crippen LogP contribution is 1.81. The summed E-state index contributed by atoms with van der Waals surface area (Å²) >= 11 is 2.65. The van der Waals surface area contributed by atoms with E-state index in [1.165, 1.54) is 0 Å². The lowest BCUT2D eigenvalue weighted by atomic mass is 14.0. The summed E-state index contributed by atoms with van der Waals surface area (Å²) in [5, 5.41) is 4.06. The molecule has 0 saturated heterocycles. The molecule has 0 aromatic rings. The second kappa shape index (κ2) is 4.99. The maximum atomic E-state index is 9.05. The van der Waals surface area contributed by atoms with Gasteiger partial charge in [0.1, 0.15) is 0 Å². The molecule has 0 unspecified atom stereocenters. The third kappa shape index (κ3) is 10800. The van der Waals surface area contributed by atoms with Gasteiger partial charge in [-0.15, -0.1) is 0 Å². The van der Waals surface area contributed by atoms with Crippen LogP contribution in [0.1, 0.15) is 0 Å². The molecule has 58 valence electrons. The lowest BCUT2D eigenvalue weighted by Crippen LogP contribution is -1.85. The highest BCUT2D eigenvalue weighted by molar-refractivity contribution is 8.61. The van der Waals surface area contributed by atoms with E-state index < -0.39 is 20.0 Å². The van der Waals surface area contributed by atoms with Gasteiger partial charge in [-0.2, -0.15) is 8.42 Å². The largest absolute Gasteiger partial charge is 0.316 e. The van der Waals surface area contributed by atoms with Crippen LogP contribution >= 0.6 is 11.7 Å². The van der Waals surface area contributed by atoms with Crippen LogP contribution in [-0.4, -0.2) is 21.4 Å². The Balaban J connectivity index is 0. The van der Waals surface area contributed by atoms with Crippen LogP contribution in [0.5, 0.6) is 0 Å². The summed E-state index contributed by atoms with van der Waals surface area (Å²) < 4.78 is 43.1. The zero-order chi connectivity index (χ0) is 8.08. The Morgan fingerprint density at radius 1 is 1.44 bits per heavy atom. The number of thiol groups is 2. The smallest absolute Gasteiger partial charge is 0.277 e. The van der Waals surface area contributed by atoms with Gasteiger partial charge in [0.15, 0.2) is 10.9 Å². The van der Waals surface area contributed by atoms with E-state index in [1.807, 2.05) is 0 Å². The molecule has 6 nitrogen and oxygen atoms in total. The summed E-state index contributed by atoms with van der Waals surface area (Å²) in [6, 6.07) is 0. The number of hydrogen-bond acceptors (Lipinski definition) is 4. The fraction of sp³-hybridized carbons (Fsp3) is 0. The Labute approximate surface area is 58.7 Å². The van der Waals surface area contributed by atoms with Gasteiger partial charge in [-0.3, -0.25) is 4.55 Å². The second-order valence-corrected chi connectivity index (χ2v) is 3.58. The maximum Gasteiger partial charge on any atom is 0.316 e. The second-order valence-electron chi connectivity index (χ2n) is 0.733. The highest BCUT2D eigenvalue weighted by atomic mass is 33.1. The van der Waals surface area contributed by atoms with Crippen molar-refractivity contribution in [2.24, 2.45) is 5.14 Å². The summed E-state index contributed by atoms with van der Waals surface area (Å²) in [5.41, 5.74) is 0. The van der Waals surface area contributed by atoms with E-state index in [0.29, 0.717) is 0 Å². The van der Waals surface area contributed by atoms with Crippen LogP contribution in [-0.2, 0) is 20.0 Å². The van der Waals surface area contributed by atoms with Gasteiger partial charge in [0.2, 0.25) is 0 Å². The van der Waals surface area contributed by atoms with Gasteiger partial charge < -0.3 is 0 Å². The summed E-state index contributed by atoms with van der Waals surface area (Å²) in [7, 11) is -6.59. The molecule has 9 heavy (non-hydrogen) atoms. The van der Waals surface area contributed by atoms with Crippen molar-refractivity contribution in [3.05, 3.63) is 0 Å². The Bertz CT molecular complexity index is 192. The van der Waals surface area contributed by atoms with Crippen LogP contribution in [0, 0.1) is 0 Å². The van der Waals surface area contributed by atoms with Crippen LogP contribution in [0.15, 0.2) is 0 Å². The SMILES string of the molecule is N[SH](=O)=O.O=S(=O)(O)S. The van der Waals surface area contributed by atoms with Crippen molar-refractivity contribution in [3.8, 4) is 0 Å². The van der Waals surface area contributed by atoms with E-state index in [4.69, 9.17) is 21.4 Å². The molecule has 0 aliphatic rings. The Morgan fingerprint density at radius 2 is 1.44 bits per heavy atom. The van der Waals surface area contributed by atoms with Crippen molar-refractivity contribution in [1.82, 2.24) is 0 Å². The van der Waals surface area contributed by atoms with Gasteiger partial charge in [0.25, 0.3) is 0 Å². The molecule has 0 radical (unpaired) electrons. The minimum absolute atomic E-state index is 2.62. The monoisotopic (exact) mass is 195 g/mol. The highest BCUT2D eigenvalue weighted by Gasteiger charge is 1.83. The van der Waals surface area contributed by atoms with Crippen LogP contribution < -0.4 is 5.14 Å². The van der Waals surface area contributed by atoms with E-state index in [-0.39, 0.29) is 0 Å². The van der Waals surface area contributed by atoms with Crippen molar-refractivity contribution < 1.29 is 21.4 Å². The molecule has 9 heteroatoms.